The molecule has 0 spiro atoms. The lowest BCUT2D eigenvalue weighted by molar-refractivity contribution is -0.120. The van der Waals surface area contributed by atoms with Gasteiger partial charge in [0.25, 0.3) is 0 Å². The molecule has 6 nitrogen and oxygen atoms in total. The van der Waals surface area contributed by atoms with Gasteiger partial charge in [-0.15, -0.1) is 0 Å². The summed E-state index contributed by atoms with van der Waals surface area (Å²) in [5.74, 6) is 2.31. The van der Waals surface area contributed by atoms with Crippen molar-refractivity contribution in [3.05, 3.63) is 54.6 Å². The number of fused-ring (bicyclic) bond motifs is 2. The van der Waals surface area contributed by atoms with E-state index in [0.717, 1.165) is 23.4 Å². The van der Waals surface area contributed by atoms with Crippen LogP contribution in [0.4, 0.5) is 5.69 Å². The molecule has 2 bridgehead atoms. The first kappa shape index (κ1) is 19.8. The van der Waals surface area contributed by atoms with Crippen LogP contribution in [0.1, 0.15) is 25.7 Å². The Morgan fingerprint density at radius 2 is 1.72 bits per heavy atom. The van der Waals surface area contributed by atoms with E-state index < -0.39 is 10.0 Å². The third kappa shape index (κ3) is 4.72. The zero-order chi connectivity index (χ0) is 20.4. The lowest BCUT2D eigenvalue weighted by Crippen LogP contribution is -2.45. The summed E-state index contributed by atoms with van der Waals surface area (Å²) in [7, 11) is -3.60. The monoisotopic (exact) mass is 414 g/mol. The molecule has 0 unspecified atom stereocenters. The Hall–Kier alpha value is -2.54. The average molecular weight is 415 g/mol. The second-order valence-electron chi connectivity index (χ2n) is 8.03. The maximum atomic E-state index is 12.6. The number of para-hydroxylation sites is 1. The van der Waals surface area contributed by atoms with Gasteiger partial charge in [-0.1, -0.05) is 24.6 Å². The van der Waals surface area contributed by atoms with E-state index in [4.69, 9.17) is 4.74 Å². The average Bonchev–Trinajstić information content (AvgIpc) is 3.30. The number of anilines is 1. The van der Waals surface area contributed by atoms with Gasteiger partial charge in [-0.3, -0.25) is 9.10 Å². The van der Waals surface area contributed by atoms with Crippen LogP contribution in [-0.4, -0.2) is 33.2 Å². The summed E-state index contributed by atoms with van der Waals surface area (Å²) in [6.45, 7) is -0.217. The van der Waals surface area contributed by atoms with Crippen molar-refractivity contribution in [2.75, 3.05) is 17.1 Å². The van der Waals surface area contributed by atoms with Gasteiger partial charge in [-0.2, -0.15) is 0 Å². The number of carbonyl (C=O) groups excluding carboxylic acids is 1. The van der Waals surface area contributed by atoms with Gasteiger partial charge >= 0.3 is 0 Å². The molecule has 3 atom stereocenters. The molecule has 4 rings (SSSR count). The summed E-state index contributed by atoms with van der Waals surface area (Å²) >= 11 is 0. The van der Waals surface area contributed by atoms with Crippen molar-refractivity contribution < 1.29 is 17.9 Å². The first-order chi connectivity index (χ1) is 13.9. The van der Waals surface area contributed by atoms with E-state index in [0.29, 0.717) is 29.0 Å². The Kier molecular flexibility index (Phi) is 5.50. The second-order valence-corrected chi connectivity index (χ2v) is 9.93. The van der Waals surface area contributed by atoms with E-state index in [1.54, 1.807) is 24.3 Å². The van der Waals surface area contributed by atoms with Crippen LogP contribution >= 0.6 is 0 Å². The molecular weight excluding hydrogens is 388 g/mol. The number of carbonyl (C=O) groups is 1. The fraction of sp³-hybridized carbons (Fsp3) is 0.409. The Bertz CT molecular complexity index is 960. The lowest BCUT2D eigenvalue weighted by atomic mass is 9.95. The molecule has 0 heterocycles. The van der Waals surface area contributed by atoms with Crippen molar-refractivity contribution in [3.8, 4) is 11.5 Å². The summed E-state index contributed by atoms with van der Waals surface area (Å²) in [6, 6.07) is 16.3. The summed E-state index contributed by atoms with van der Waals surface area (Å²) in [6.07, 6.45) is 5.73. The van der Waals surface area contributed by atoms with E-state index in [9.17, 15) is 13.2 Å². The van der Waals surface area contributed by atoms with Gasteiger partial charge in [0.15, 0.2) is 0 Å². The van der Waals surface area contributed by atoms with Crippen LogP contribution in [-0.2, 0) is 14.8 Å². The minimum absolute atomic E-state index is 0.185. The van der Waals surface area contributed by atoms with Crippen LogP contribution in [0.2, 0.25) is 0 Å². The van der Waals surface area contributed by atoms with Gasteiger partial charge in [0, 0.05) is 6.04 Å². The van der Waals surface area contributed by atoms with Crippen LogP contribution < -0.4 is 14.4 Å². The van der Waals surface area contributed by atoms with Gasteiger partial charge in [-0.25, -0.2) is 8.42 Å². The number of hydrogen-bond acceptors (Lipinski definition) is 4. The molecule has 2 aromatic carbocycles. The SMILES string of the molecule is CS(=O)(=O)N(CC(=O)N[C@H]1C[C@H]2CC[C@H]1C2)c1ccc(Oc2ccccc2)cc1. The van der Waals surface area contributed by atoms with E-state index in [1.165, 1.54) is 12.8 Å². The molecule has 2 fully saturated rings. The summed E-state index contributed by atoms with van der Waals surface area (Å²) in [5, 5.41) is 3.06. The molecule has 1 amide bonds. The maximum absolute atomic E-state index is 12.6. The highest BCUT2D eigenvalue weighted by Crippen LogP contribution is 2.44. The molecule has 1 N–H and O–H groups in total. The number of sulfonamides is 1. The molecule has 0 aliphatic heterocycles. The smallest absolute Gasteiger partial charge is 0.241 e. The zero-order valence-electron chi connectivity index (χ0n) is 16.5. The molecule has 2 aliphatic rings. The number of nitrogens with zero attached hydrogens (tertiary/aromatic N) is 1. The van der Waals surface area contributed by atoms with Crippen LogP contribution in [0.5, 0.6) is 11.5 Å². The number of hydrogen-bond donors (Lipinski definition) is 1. The first-order valence-corrected chi connectivity index (χ1v) is 11.8. The van der Waals surface area contributed by atoms with Gasteiger partial charge in [0.2, 0.25) is 15.9 Å². The quantitative estimate of drug-likeness (QED) is 0.752. The Morgan fingerprint density at radius 3 is 2.31 bits per heavy atom. The van der Waals surface area contributed by atoms with Gasteiger partial charge in [-0.05, 0) is 67.5 Å². The lowest BCUT2D eigenvalue weighted by Gasteiger charge is -2.26. The molecule has 2 saturated carbocycles. The minimum Gasteiger partial charge on any atom is -0.457 e. The maximum Gasteiger partial charge on any atom is 0.241 e. The Balaban J connectivity index is 1.43. The highest BCUT2D eigenvalue weighted by Gasteiger charge is 2.40. The van der Waals surface area contributed by atoms with Crippen molar-refractivity contribution in [2.45, 2.75) is 31.7 Å². The van der Waals surface area contributed by atoms with Crippen LogP contribution in [0.25, 0.3) is 0 Å². The predicted octanol–water partition coefficient (Wildman–Crippen LogP) is 3.55. The molecular formula is C22H26N2O4S. The second kappa shape index (κ2) is 8.06. The number of nitrogens with one attached hydrogen (secondary N) is 1. The molecule has 0 saturated heterocycles. The van der Waals surface area contributed by atoms with Crippen molar-refractivity contribution in [1.29, 1.82) is 0 Å². The molecule has 0 aromatic heterocycles. The van der Waals surface area contributed by atoms with E-state index in [-0.39, 0.29) is 18.5 Å². The first-order valence-electron chi connectivity index (χ1n) is 9.98. The summed E-state index contributed by atoms with van der Waals surface area (Å²) < 4.78 is 31.5. The third-order valence-corrected chi connectivity index (χ3v) is 7.02. The van der Waals surface area contributed by atoms with Crippen molar-refractivity contribution in [2.24, 2.45) is 11.8 Å². The number of amides is 1. The Labute approximate surface area is 171 Å². The van der Waals surface area contributed by atoms with Crippen molar-refractivity contribution >= 4 is 21.6 Å². The van der Waals surface area contributed by atoms with E-state index in [2.05, 4.69) is 5.32 Å². The summed E-state index contributed by atoms with van der Waals surface area (Å²) in [4.78, 5) is 12.6. The molecule has 7 heteroatoms. The molecule has 2 aromatic rings. The van der Waals surface area contributed by atoms with Gasteiger partial charge in [0.1, 0.15) is 18.0 Å². The van der Waals surface area contributed by atoms with Crippen LogP contribution in [0.15, 0.2) is 54.6 Å². The van der Waals surface area contributed by atoms with Crippen molar-refractivity contribution in [3.63, 3.8) is 0 Å². The normalized spacial score (nSPS) is 23.0. The molecule has 154 valence electrons. The zero-order valence-corrected chi connectivity index (χ0v) is 17.3. The van der Waals surface area contributed by atoms with Crippen LogP contribution in [0.3, 0.4) is 0 Å². The van der Waals surface area contributed by atoms with Gasteiger partial charge < -0.3 is 10.1 Å². The van der Waals surface area contributed by atoms with E-state index >= 15 is 0 Å². The fourth-order valence-electron chi connectivity index (χ4n) is 4.51. The van der Waals surface area contributed by atoms with E-state index in [1.807, 2.05) is 30.3 Å². The molecule has 29 heavy (non-hydrogen) atoms. The molecule has 0 radical (unpaired) electrons. The number of benzene rings is 2. The van der Waals surface area contributed by atoms with Crippen LogP contribution in [0, 0.1) is 11.8 Å². The highest BCUT2D eigenvalue weighted by molar-refractivity contribution is 7.92. The number of rotatable bonds is 7. The third-order valence-electron chi connectivity index (χ3n) is 5.88. The van der Waals surface area contributed by atoms with Gasteiger partial charge in [0.05, 0.1) is 11.9 Å². The fourth-order valence-corrected chi connectivity index (χ4v) is 5.37. The topological polar surface area (TPSA) is 75.7 Å². The molecule has 2 aliphatic carbocycles. The standard InChI is InChI=1S/C22H26N2O4S/c1-29(26,27)24(15-22(25)23-21-14-16-7-8-17(21)13-16)18-9-11-20(12-10-18)28-19-5-3-2-4-6-19/h2-6,9-12,16-17,21H,7-8,13-15H2,1H3,(H,23,25)/t16-,17-,21-/m0/s1. The Morgan fingerprint density at radius 1 is 1.03 bits per heavy atom. The largest absolute Gasteiger partial charge is 0.457 e. The van der Waals surface area contributed by atoms with Crippen molar-refractivity contribution in [1.82, 2.24) is 5.32 Å². The number of ether oxygens (including phenoxy) is 1. The minimum atomic E-state index is -3.60. The highest BCUT2D eigenvalue weighted by atomic mass is 32.2. The summed E-state index contributed by atoms with van der Waals surface area (Å²) in [5.41, 5.74) is 0.441. The predicted molar refractivity (Wildman–Crippen MR) is 113 cm³/mol.